The fraction of sp³-hybridized carbons (Fsp3) is 0.780. The number of nitriles is 1. The molecule has 0 amide bonds. The van der Waals surface area contributed by atoms with Crippen LogP contribution >= 0.6 is 0 Å². The van der Waals surface area contributed by atoms with Crippen LogP contribution in [0.15, 0.2) is 23.8 Å². The summed E-state index contributed by atoms with van der Waals surface area (Å²) in [5.41, 5.74) is 6.78. The number of hydrogen-bond acceptors (Lipinski definition) is 1. The van der Waals surface area contributed by atoms with Crippen LogP contribution in [0.1, 0.15) is 169 Å². The quantitative estimate of drug-likeness (QED) is 0.281. The number of aryl methyl sites for hydroxylation is 2. The van der Waals surface area contributed by atoms with E-state index in [1.807, 2.05) is 0 Å². The third-order valence-corrected chi connectivity index (χ3v) is 10.7. The highest BCUT2D eigenvalue weighted by Crippen LogP contribution is 2.39. The van der Waals surface area contributed by atoms with Crippen LogP contribution in [0.5, 0.6) is 0 Å². The van der Waals surface area contributed by atoms with E-state index >= 15 is 0 Å². The molecule has 3 fully saturated rings. The number of benzene rings is 1. The first-order valence-corrected chi connectivity index (χ1v) is 16.9. The van der Waals surface area contributed by atoms with Gasteiger partial charge in [-0.15, -0.1) is 0 Å². The van der Waals surface area contributed by atoms with Crippen molar-refractivity contribution in [1.82, 2.24) is 0 Å². The molecule has 0 bridgehead atoms. The molecule has 0 atom stereocenters. The lowest BCUT2D eigenvalue weighted by molar-refractivity contribution is 0.190. The van der Waals surface area contributed by atoms with Gasteiger partial charge in [0.2, 0.25) is 0 Å². The SMILES string of the molecule is C.C.C.CCC1CCC(CC2CCC(CC=C(C)C)CC2)CC1.Cc1cc(CC2CCC(C)CC2)cc(C)c1CC#N. The minimum absolute atomic E-state index is 0. The molecule has 4 rings (SSSR count). The molecule has 42 heavy (non-hydrogen) atoms. The zero-order chi connectivity index (χ0) is 28.2. The summed E-state index contributed by atoms with van der Waals surface area (Å²) in [6.45, 7) is 13.5. The summed E-state index contributed by atoms with van der Waals surface area (Å²) >= 11 is 0. The highest BCUT2D eigenvalue weighted by Gasteiger charge is 2.26. The lowest BCUT2D eigenvalue weighted by Gasteiger charge is -2.33. The molecule has 1 heteroatoms. The van der Waals surface area contributed by atoms with Crippen molar-refractivity contribution >= 4 is 0 Å². The van der Waals surface area contributed by atoms with Gasteiger partial charge in [-0.2, -0.15) is 5.26 Å². The molecular weight excluding hydrogens is 506 g/mol. The molecule has 0 spiro atoms. The van der Waals surface area contributed by atoms with Crippen molar-refractivity contribution in [3.63, 3.8) is 0 Å². The van der Waals surface area contributed by atoms with Gasteiger partial charge in [0.25, 0.3) is 0 Å². The van der Waals surface area contributed by atoms with E-state index in [4.69, 9.17) is 5.26 Å². The summed E-state index contributed by atoms with van der Waals surface area (Å²) in [5.74, 6) is 6.01. The monoisotopic (exact) mass is 580 g/mol. The predicted molar refractivity (Wildman–Crippen MR) is 190 cm³/mol. The average molecular weight is 580 g/mol. The maximum atomic E-state index is 8.87. The summed E-state index contributed by atoms with van der Waals surface area (Å²) in [6.07, 6.45) is 26.3. The molecule has 0 saturated heterocycles. The molecule has 0 unspecified atom stereocenters. The smallest absolute Gasteiger partial charge is 0.0669 e. The molecule has 3 aliphatic rings. The van der Waals surface area contributed by atoms with Gasteiger partial charge in [0.1, 0.15) is 0 Å². The second kappa shape index (κ2) is 21.2. The third-order valence-electron chi connectivity index (χ3n) is 10.7. The second-order valence-electron chi connectivity index (χ2n) is 14.3. The summed E-state index contributed by atoms with van der Waals surface area (Å²) in [4.78, 5) is 0. The van der Waals surface area contributed by atoms with Gasteiger partial charge < -0.3 is 0 Å². The fourth-order valence-electron chi connectivity index (χ4n) is 7.88. The first kappa shape index (κ1) is 40.5. The molecule has 3 aliphatic carbocycles. The molecule has 1 aromatic rings. The highest BCUT2D eigenvalue weighted by atomic mass is 14.3. The van der Waals surface area contributed by atoms with Gasteiger partial charge in [0.15, 0.2) is 0 Å². The number of nitrogens with zero attached hydrogens (tertiary/aromatic N) is 1. The normalized spacial score (nSPS) is 27.0. The van der Waals surface area contributed by atoms with E-state index in [1.54, 1.807) is 6.42 Å². The lowest BCUT2D eigenvalue weighted by atomic mass is 9.72. The number of rotatable bonds is 8. The standard InChI is InChI=1S/C20H36.C18H25N.3CH4/c1-4-17-7-11-19(12-8-17)15-20-13-9-18(10-14-20)6-5-16(2)3;1-13-4-6-16(7-5-13)12-17-10-14(2)18(8-9-19)15(3)11-17;;;/h5,17-20H,4,6-15H2,1-3H3;10-11,13,16H,4-8,12H2,1-3H3;3*1H4. The van der Waals surface area contributed by atoms with E-state index in [2.05, 4.69) is 65.8 Å². The Morgan fingerprint density at radius 3 is 1.64 bits per heavy atom. The summed E-state index contributed by atoms with van der Waals surface area (Å²) in [5, 5.41) is 8.87. The van der Waals surface area contributed by atoms with Gasteiger partial charge in [-0.3, -0.25) is 0 Å². The van der Waals surface area contributed by atoms with E-state index < -0.39 is 0 Å². The fourth-order valence-corrected chi connectivity index (χ4v) is 7.88. The van der Waals surface area contributed by atoms with Crippen LogP contribution < -0.4 is 0 Å². The van der Waals surface area contributed by atoms with Gasteiger partial charge in [0.05, 0.1) is 12.5 Å². The van der Waals surface area contributed by atoms with Crippen molar-refractivity contribution < 1.29 is 0 Å². The molecule has 0 N–H and O–H groups in total. The van der Waals surface area contributed by atoms with Crippen molar-refractivity contribution in [3.05, 3.63) is 46.0 Å². The molecule has 1 nitrogen and oxygen atoms in total. The predicted octanol–water partition coefficient (Wildman–Crippen LogP) is 13.4. The van der Waals surface area contributed by atoms with E-state index in [1.165, 1.54) is 124 Å². The zero-order valence-corrected chi connectivity index (χ0v) is 26.7. The van der Waals surface area contributed by atoms with Crippen LogP contribution in [0.3, 0.4) is 0 Å². The molecule has 0 heterocycles. The zero-order valence-electron chi connectivity index (χ0n) is 26.7. The summed E-state index contributed by atoms with van der Waals surface area (Å²) in [7, 11) is 0. The molecule has 1 aromatic carbocycles. The van der Waals surface area contributed by atoms with Crippen molar-refractivity contribution in [1.29, 1.82) is 5.26 Å². The first-order chi connectivity index (χ1) is 18.8. The largest absolute Gasteiger partial charge is 0.198 e. The Labute approximate surface area is 265 Å². The Bertz CT molecular complexity index is 882. The molecule has 3 saturated carbocycles. The van der Waals surface area contributed by atoms with Gasteiger partial charge in [0, 0.05) is 0 Å². The Morgan fingerprint density at radius 1 is 0.738 bits per heavy atom. The van der Waals surface area contributed by atoms with Gasteiger partial charge >= 0.3 is 0 Å². The highest BCUT2D eigenvalue weighted by molar-refractivity contribution is 5.39. The molecule has 242 valence electrons. The van der Waals surface area contributed by atoms with Crippen molar-refractivity contribution in [2.24, 2.45) is 35.5 Å². The van der Waals surface area contributed by atoms with Gasteiger partial charge in [-0.25, -0.2) is 0 Å². The summed E-state index contributed by atoms with van der Waals surface area (Å²) in [6, 6.07) is 6.88. The van der Waals surface area contributed by atoms with E-state index in [-0.39, 0.29) is 22.3 Å². The summed E-state index contributed by atoms with van der Waals surface area (Å²) < 4.78 is 0. The maximum absolute atomic E-state index is 8.87. The van der Waals surface area contributed by atoms with E-state index in [0.717, 1.165) is 35.5 Å². The van der Waals surface area contributed by atoms with Crippen LogP contribution in [0.4, 0.5) is 0 Å². The lowest BCUT2D eigenvalue weighted by Crippen LogP contribution is -2.20. The van der Waals surface area contributed by atoms with Gasteiger partial charge in [-0.05, 0) is 130 Å². The first-order valence-electron chi connectivity index (χ1n) is 16.9. The van der Waals surface area contributed by atoms with Crippen LogP contribution in [0.2, 0.25) is 0 Å². The Hall–Kier alpha value is -1.55. The molecule has 0 radical (unpaired) electrons. The van der Waals surface area contributed by atoms with Crippen molar-refractivity contribution in [2.45, 2.75) is 173 Å². The van der Waals surface area contributed by atoms with Crippen LogP contribution in [-0.4, -0.2) is 0 Å². The van der Waals surface area contributed by atoms with Crippen LogP contribution in [0, 0.1) is 60.7 Å². The Kier molecular flexibility index (Phi) is 20.4. The van der Waals surface area contributed by atoms with E-state index in [9.17, 15) is 0 Å². The molecule has 0 aromatic heterocycles. The number of hydrogen-bond donors (Lipinski definition) is 0. The van der Waals surface area contributed by atoms with E-state index in [0.29, 0.717) is 6.42 Å². The minimum Gasteiger partial charge on any atom is -0.198 e. The van der Waals surface area contributed by atoms with Crippen molar-refractivity contribution in [2.75, 3.05) is 0 Å². The maximum Gasteiger partial charge on any atom is 0.0669 e. The topological polar surface area (TPSA) is 23.8 Å². The van der Waals surface area contributed by atoms with Crippen LogP contribution in [0.25, 0.3) is 0 Å². The third kappa shape index (κ3) is 13.8. The number of allylic oxidation sites excluding steroid dienone is 2. The molecule has 0 aliphatic heterocycles. The minimum atomic E-state index is 0. The molecular formula is C41H73N. The van der Waals surface area contributed by atoms with Gasteiger partial charge in [-0.1, -0.05) is 118 Å². The second-order valence-corrected chi connectivity index (χ2v) is 14.3. The van der Waals surface area contributed by atoms with Crippen LogP contribution in [-0.2, 0) is 12.8 Å². The Balaban J connectivity index is 0.000000748. The Morgan fingerprint density at radius 2 is 1.19 bits per heavy atom. The average Bonchev–Trinajstić information content (AvgIpc) is 2.92. The van der Waals surface area contributed by atoms with Crippen molar-refractivity contribution in [3.8, 4) is 6.07 Å².